The quantitative estimate of drug-likeness (QED) is 0.574. The van der Waals surface area contributed by atoms with E-state index in [0.717, 1.165) is 50.2 Å². The molecule has 21 heavy (non-hydrogen) atoms. The number of methoxy groups -OCH3 is 1. The molecular formula is C17H28BrNO2. The number of hydrogen-bond acceptors (Lipinski definition) is 3. The van der Waals surface area contributed by atoms with Crippen molar-refractivity contribution in [2.24, 2.45) is 0 Å². The lowest BCUT2D eigenvalue weighted by molar-refractivity contribution is 0.0980. The average molecular weight is 358 g/mol. The minimum Gasteiger partial charge on any atom is -0.385 e. The fourth-order valence-electron chi connectivity index (χ4n) is 2.21. The summed E-state index contributed by atoms with van der Waals surface area (Å²) in [6, 6.07) is 8.63. The molecule has 4 heteroatoms. The molecule has 0 aliphatic heterocycles. The SMILES string of the molecule is CCCNCC(CCOCCCOC)c1ccc(Br)cc1. The van der Waals surface area contributed by atoms with Gasteiger partial charge in [0.05, 0.1) is 0 Å². The van der Waals surface area contributed by atoms with Crippen molar-refractivity contribution in [3.8, 4) is 0 Å². The van der Waals surface area contributed by atoms with E-state index in [9.17, 15) is 0 Å². The summed E-state index contributed by atoms with van der Waals surface area (Å²) in [7, 11) is 1.73. The van der Waals surface area contributed by atoms with E-state index in [0.29, 0.717) is 5.92 Å². The van der Waals surface area contributed by atoms with Gasteiger partial charge in [0.1, 0.15) is 0 Å². The van der Waals surface area contributed by atoms with Crippen molar-refractivity contribution < 1.29 is 9.47 Å². The van der Waals surface area contributed by atoms with Gasteiger partial charge in [-0.1, -0.05) is 35.0 Å². The fourth-order valence-corrected chi connectivity index (χ4v) is 2.47. The van der Waals surface area contributed by atoms with Gasteiger partial charge in [0.2, 0.25) is 0 Å². The maximum atomic E-state index is 5.70. The first-order chi connectivity index (χ1) is 10.3. The van der Waals surface area contributed by atoms with Crippen molar-refractivity contribution in [1.82, 2.24) is 5.32 Å². The Morgan fingerprint density at radius 2 is 1.90 bits per heavy atom. The minimum atomic E-state index is 0.507. The Hall–Kier alpha value is -0.420. The minimum absolute atomic E-state index is 0.507. The van der Waals surface area contributed by atoms with Crippen LogP contribution in [0.3, 0.4) is 0 Å². The van der Waals surface area contributed by atoms with E-state index in [2.05, 4.69) is 52.4 Å². The van der Waals surface area contributed by atoms with Gasteiger partial charge in [-0.3, -0.25) is 0 Å². The molecule has 0 aliphatic carbocycles. The number of nitrogens with one attached hydrogen (secondary N) is 1. The Bertz CT molecular complexity index is 356. The third-order valence-electron chi connectivity index (χ3n) is 3.41. The van der Waals surface area contributed by atoms with Gasteiger partial charge >= 0.3 is 0 Å². The van der Waals surface area contributed by atoms with Gasteiger partial charge in [-0.2, -0.15) is 0 Å². The zero-order valence-electron chi connectivity index (χ0n) is 13.2. The number of hydrogen-bond donors (Lipinski definition) is 1. The molecular weight excluding hydrogens is 330 g/mol. The Balaban J connectivity index is 2.39. The van der Waals surface area contributed by atoms with Crippen LogP contribution in [0.15, 0.2) is 28.7 Å². The molecule has 1 N–H and O–H groups in total. The predicted molar refractivity (Wildman–Crippen MR) is 92.0 cm³/mol. The van der Waals surface area contributed by atoms with Gasteiger partial charge < -0.3 is 14.8 Å². The number of rotatable bonds is 12. The summed E-state index contributed by atoms with van der Waals surface area (Å²) in [6.07, 6.45) is 3.18. The first kappa shape index (κ1) is 18.6. The van der Waals surface area contributed by atoms with Crippen molar-refractivity contribution in [1.29, 1.82) is 0 Å². The van der Waals surface area contributed by atoms with E-state index < -0.39 is 0 Å². The molecule has 0 bridgehead atoms. The van der Waals surface area contributed by atoms with Gasteiger partial charge in [0, 0.05) is 37.9 Å². The highest BCUT2D eigenvalue weighted by molar-refractivity contribution is 9.10. The monoisotopic (exact) mass is 357 g/mol. The molecule has 1 aromatic rings. The smallest absolute Gasteiger partial charge is 0.0487 e. The predicted octanol–water partition coefficient (Wildman–Crippen LogP) is 3.98. The molecule has 0 radical (unpaired) electrons. The molecule has 0 fully saturated rings. The van der Waals surface area contributed by atoms with Crippen LogP contribution in [-0.2, 0) is 9.47 Å². The van der Waals surface area contributed by atoms with Crippen LogP contribution in [0.4, 0.5) is 0 Å². The number of benzene rings is 1. The summed E-state index contributed by atoms with van der Waals surface area (Å²) in [4.78, 5) is 0. The number of halogens is 1. The topological polar surface area (TPSA) is 30.5 Å². The molecule has 0 aromatic heterocycles. The van der Waals surface area contributed by atoms with Crippen LogP contribution in [0.5, 0.6) is 0 Å². The van der Waals surface area contributed by atoms with Crippen molar-refractivity contribution in [2.45, 2.75) is 32.1 Å². The molecule has 0 aliphatic rings. The summed E-state index contributed by atoms with van der Waals surface area (Å²) >= 11 is 3.49. The van der Waals surface area contributed by atoms with Crippen molar-refractivity contribution in [2.75, 3.05) is 40.0 Å². The van der Waals surface area contributed by atoms with Crippen molar-refractivity contribution >= 4 is 15.9 Å². The highest BCUT2D eigenvalue weighted by Gasteiger charge is 2.11. The highest BCUT2D eigenvalue weighted by Crippen LogP contribution is 2.21. The zero-order chi connectivity index (χ0) is 15.3. The maximum Gasteiger partial charge on any atom is 0.0487 e. The molecule has 1 aromatic carbocycles. The molecule has 0 saturated carbocycles. The van der Waals surface area contributed by atoms with Crippen LogP contribution in [0.25, 0.3) is 0 Å². The first-order valence-corrected chi connectivity index (χ1v) is 8.60. The average Bonchev–Trinajstić information content (AvgIpc) is 2.50. The van der Waals surface area contributed by atoms with Gasteiger partial charge in [-0.15, -0.1) is 0 Å². The summed E-state index contributed by atoms with van der Waals surface area (Å²) < 4.78 is 11.8. The highest BCUT2D eigenvalue weighted by atomic mass is 79.9. The molecule has 0 spiro atoms. The lowest BCUT2D eigenvalue weighted by Crippen LogP contribution is -2.23. The maximum absolute atomic E-state index is 5.70. The normalized spacial score (nSPS) is 12.5. The second kappa shape index (κ2) is 12.2. The van der Waals surface area contributed by atoms with E-state index >= 15 is 0 Å². The molecule has 0 saturated heterocycles. The van der Waals surface area contributed by atoms with Gasteiger partial charge in [-0.25, -0.2) is 0 Å². The largest absolute Gasteiger partial charge is 0.385 e. The lowest BCUT2D eigenvalue weighted by atomic mass is 9.96. The van der Waals surface area contributed by atoms with E-state index in [1.807, 2.05) is 0 Å². The van der Waals surface area contributed by atoms with Crippen LogP contribution >= 0.6 is 15.9 Å². The molecule has 1 atom stereocenters. The summed E-state index contributed by atoms with van der Waals surface area (Å²) in [5.41, 5.74) is 1.38. The third kappa shape index (κ3) is 8.57. The molecule has 120 valence electrons. The molecule has 0 heterocycles. The Labute approximate surface area is 137 Å². The first-order valence-electron chi connectivity index (χ1n) is 7.80. The van der Waals surface area contributed by atoms with E-state index in [-0.39, 0.29) is 0 Å². The van der Waals surface area contributed by atoms with Crippen LogP contribution in [0, 0.1) is 0 Å². The molecule has 1 rings (SSSR count). The summed E-state index contributed by atoms with van der Waals surface area (Å²) in [6.45, 7) is 6.63. The summed E-state index contributed by atoms with van der Waals surface area (Å²) in [5, 5.41) is 3.52. The van der Waals surface area contributed by atoms with Crippen LogP contribution < -0.4 is 5.32 Å². The second-order valence-corrected chi connectivity index (χ2v) is 6.12. The fraction of sp³-hybridized carbons (Fsp3) is 0.647. The van der Waals surface area contributed by atoms with Gasteiger partial charge in [0.25, 0.3) is 0 Å². The standard InChI is InChI=1S/C17H28BrNO2/c1-3-10-19-14-16(9-13-21-12-4-11-20-2)15-5-7-17(18)8-6-15/h5-8,16,19H,3-4,9-14H2,1-2H3. The Kier molecular flexibility index (Phi) is 10.8. The Morgan fingerprint density at radius 3 is 2.57 bits per heavy atom. The Morgan fingerprint density at radius 1 is 1.14 bits per heavy atom. The van der Waals surface area contributed by atoms with E-state index in [4.69, 9.17) is 9.47 Å². The summed E-state index contributed by atoms with van der Waals surface area (Å²) in [5.74, 6) is 0.507. The van der Waals surface area contributed by atoms with Gasteiger partial charge in [0.15, 0.2) is 0 Å². The third-order valence-corrected chi connectivity index (χ3v) is 3.94. The van der Waals surface area contributed by atoms with Crippen LogP contribution in [0.1, 0.15) is 37.7 Å². The molecule has 3 nitrogen and oxygen atoms in total. The van der Waals surface area contributed by atoms with Crippen molar-refractivity contribution in [3.63, 3.8) is 0 Å². The zero-order valence-corrected chi connectivity index (χ0v) is 14.8. The number of ether oxygens (including phenoxy) is 2. The van der Waals surface area contributed by atoms with Gasteiger partial charge in [-0.05, 0) is 49.4 Å². The van der Waals surface area contributed by atoms with Crippen molar-refractivity contribution in [3.05, 3.63) is 34.3 Å². The van der Waals surface area contributed by atoms with E-state index in [1.54, 1.807) is 7.11 Å². The second-order valence-electron chi connectivity index (χ2n) is 5.20. The van der Waals surface area contributed by atoms with Crippen LogP contribution in [0.2, 0.25) is 0 Å². The van der Waals surface area contributed by atoms with Crippen LogP contribution in [-0.4, -0.2) is 40.0 Å². The van der Waals surface area contributed by atoms with E-state index in [1.165, 1.54) is 12.0 Å². The lowest BCUT2D eigenvalue weighted by Gasteiger charge is -2.18. The molecule has 1 unspecified atom stereocenters. The molecule has 0 amide bonds.